The molecule has 0 aliphatic carbocycles. The first-order valence-electron chi connectivity index (χ1n) is 9.60. The van der Waals surface area contributed by atoms with E-state index < -0.39 is 0 Å². The summed E-state index contributed by atoms with van der Waals surface area (Å²) in [7, 11) is 6.24. The molecule has 1 fully saturated rings. The monoisotopic (exact) mass is 508 g/mol. The smallest absolute Gasteiger partial charge is 0.193 e. The number of hydrogen-bond donors (Lipinski definition) is 1. The van der Waals surface area contributed by atoms with E-state index in [0.717, 1.165) is 45.1 Å². The maximum absolute atomic E-state index is 13.0. The zero-order chi connectivity index (χ0) is 19.7. The lowest BCUT2D eigenvalue weighted by Crippen LogP contribution is -2.52. The maximum atomic E-state index is 13.0. The molecule has 6 nitrogen and oxygen atoms in total. The van der Waals surface area contributed by atoms with Gasteiger partial charge in [-0.05, 0) is 58.1 Å². The minimum Gasteiger partial charge on any atom is -0.492 e. The van der Waals surface area contributed by atoms with Crippen LogP contribution in [0.5, 0.6) is 5.75 Å². The molecule has 1 saturated heterocycles. The molecule has 1 aliphatic rings. The summed E-state index contributed by atoms with van der Waals surface area (Å²) in [4.78, 5) is 9.24. The molecule has 0 saturated carbocycles. The van der Waals surface area contributed by atoms with Gasteiger partial charge in [0.1, 0.15) is 18.2 Å². The SMILES string of the molecule is CCNC(=NCC1(N(C)C)CCOCC1)N(C)CCOc1ccc(F)cc1.I. The largest absolute Gasteiger partial charge is 0.492 e. The molecule has 0 unspecified atom stereocenters. The Kier molecular flexibility index (Phi) is 11.1. The predicted molar refractivity (Wildman–Crippen MR) is 122 cm³/mol. The summed E-state index contributed by atoms with van der Waals surface area (Å²) in [5.74, 6) is 1.28. The van der Waals surface area contributed by atoms with E-state index in [1.54, 1.807) is 12.1 Å². The molecule has 0 amide bonds. The Balaban J connectivity index is 0.00000392. The van der Waals surface area contributed by atoms with Crippen molar-refractivity contribution in [1.29, 1.82) is 0 Å². The van der Waals surface area contributed by atoms with Gasteiger partial charge in [0.25, 0.3) is 0 Å². The van der Waals surface area contributed by atoms with Crippen LogP contribution in [0, 0.1) is 5.82 Å². The molecule has 1 N–H and O–H groups in total. The Labute approximate surface area is 185 Å². The Hall–Kier alpha value is -1.13. The summed E-state index contributed by atoms with van der Waals surface area (Å²) in [6, 6.07) is 6.08. The van der Waals surface area contributed by atoms with Crippen molar-refractivity contribution in [1.82, 2.24) is 15.1 Å². The van der Waals surface area contributed by atoms with Crippen LogP contribution in [0.15, 0.2) is 29.3 Å². The van der Waals surface area contributed by atoms with Gasteiger partial charge in [-0.25, -0.2) is 4.39 Å². The summed E-state index contributed by atoms with van der Waals surface area (Å²) in [6.45, 7) is 6.35. The van der Waals surface area contributed by atoms with Crippen molar-refractivity contribution in [2.45, 2.75) is 25.3 Å². The third-order valence-electron chi connectivity index (χ3n) is 5.10. The molecular weight excluding hydrogens is 474 g/mol. The van der Waals surface area contributed by atoms with E-state index in [2.05, 4.69) is 36.1 Å². The van der Waals surface area contributed by atoms with E-state index in [1.807, 2.05) is 7.05 Å². The Morgan fingerprint density at radius 2 is 1.86 bits per heavy atom. The van der Waals surface area contributed by atoms with Gasteiger partial charge in [0.05, 0.1) is 13.1 Å². The molecule has 0 radical (unpaired) electrons. The molecule has 0 atom stereocenters. The molecule has 1 heterocycles. The lowest BCUT2D eigenvalue weighted by molar-refractivity contribution is -0.00263. The van der Waals surface area contributed by atoms with Crippen molar-refractivity contribution in [3.63, 3.8) is 0 Å². The van der Waals surface area contributed by atoms with Crippen LogP contribution in [-0.2, 0) is 4.74 Å². The first-order valence-corrected chi connectivity index (χ1v) is 9.60. The summed E-state index contributed by atoms with van der Waals surface area (Å²) in [5.41, 5.74) is 0.0460. The third-order valence-corrected chi connectivity index (χ3v) is 5.10. The summed E-state index contributed by atoms with van der Waals surface area (Å²) in [5, 5.41) is 3.36. The van der Waals surface area contributed by atoms with Gasteiger partial charge in [-0.15, -0.1) is 24.0 Å². The van der Waals surface area contributed by atoms with Gasteiger partial charge in [-0.2, -0.15) is 0 Å². The number of ether oxygens (including phenoxy) is 2. The van der Waals surface area contributed by atoms with Gasteiger partial charge in [-0.3, -0.25) is 4.99 Å². The van der Waals surface area contributed by atoms with Gasteiger partial charge in [0, 0.05) is 32.3 Å². The average Bonchev–Trinajstić information content (AvgIpc) is 2.67. The van der Waals surface area contributed by atoms with Crippen molar-refractivity contribution >= 4 is 29.9 Å². The molecule has 28 heavy (non-hydrogen) atoms. The molecule has 160 valence electrons. The first kappa shape index (κ1) is 24.9. The second-order valence-electron chi connectivity index (χ2n) is 7.13. The highest BCUT2D eigenvalue weighted by molar-refractivity contribution is 14.0. The Morgan fingerprint density at radius 3 is 2.43 bits per heavy atom. The van der Waals surface area contributed by atoms with Crippen LogP contribution < -0.4 is 10.1 Å². The fourth-order valence-corrected chi connectivity index (χ4v) is 3.13. The lowest BCUT2D eigenvalue weighted by atomic mass is 9.89. The molecule has 0 aromatic heterocycles. The van der Waals surface area contributed by atoms with E-state index in [9.17, 15) is 4.39 Å². The number of likely N-dealkylation sites (N-methyl/N-ethyl adjacent to an activating group) is 2. The van der Waals surface area contributed by atoms with Crippen LogP contribution in [0.2, 0.25) is 0 Å². The fourth-order valence-electron chi connectivity index (χ4n) is 3.13. The van der Waals surface area contributed by atoms with E-state index in [4.69, 9.17) is 14.5 Å². The number of hydrogen-bond acceptors (Lipinski definition) is 4. The van der Waals surface area contributed by atoms with E-state index in [-0.39, 0.29) is 35.3 Å². The molecule has 1 aromatic carbocycles. The molecule has 1 aliphatic heterocycles. The molecule has 1 aromatic rings. The van der Waals surface area contributed by atoms with E-state index in [1.165, 1.54) is 12.1 Å². The average molecular weight is 508 g/mol. The summed E-state index contributed by atoms with van der Waals surface area (Å²) >= 11 is 0. The minimum atomic E-state index is -0.260. The standard InChI is InChI=1S/C20H33FN4O2.HI/c1-5-22-19(23-16-20(24(2)3)10-13-26-14-11-20)25(4)12-15-27-18-8-6-17(21)7-9-18;/h6-9H,5,10-16H2,1-4H3,(H,22,23);1H. The minimum absolute atomic E-state index is 0. The van der Waals surface area contributed by atoms with Gasteiger partial charge >= 0.3 is 0 Å². The molecule has 8 heteroatoms. The highest BCUT2D eigenvalue weighted by atomic mass is 127. The Bertz CT molecular complexity index is 592. The van der Waals surface area contributed by atoms with E-state index in [0.29, 0.717) is 18.9 Å². The highest BCUT2D eigenvalue weighted by Gasteiger charge is 2.34. The summed E-state index contributed by atoms with van der Waals surface area (Å²) < 4.78 is 24.2. The maximum Gasteiger partial charge on any atom is 0.193 e. The van der Waals surface area contributed by atoms with Gasteiger partial charge < -0.3 is 24.6 Å². The third kappa shape index (κ3) is 7.36. The molecule has 0 bridgehead atoms. The van der Waals surface area contributed by atoms with Gasteiger partial charge in [-0.1, -0.05) is 0 Å². The number of aliphatic imine (C=N–C) groups is 1. The highest BCUT2D eigenvalue weighted by Crippen LogP contribution is 2.26. The van der Waals surface area contributed by atoms with Crippen LogP contribution in [0.3, 0.4) is 0 Å². The Morgan fingerprint density at radius 1 is 1.21 bits per heavy atom. The fraction of sp³-hybridized carbons (Fsp3) is 0.650. The lowest BCUT2D eigenvalue weighted by Gasteiger charge is -2.42. The second kappa shape index (κ2) is 12.4. The molecule has 0 spiro atoms. The number of nitrogens with one attached hydrogen (secondary N) is 1. The number of benzene rings is 1. The van der Waals surface area contributed by atoms with E-state index >= 15 is 0 Å². The van der Waals surface area contributed by atoms with Crippen LogP contribution in [0.4, 0.5) is 4.39 Å². The van der Waals surface area contributed by atoms with Crippen LogP contribution in [0.25, 0.3) is 0 Å². The summed E-state index contributed by atoms with van der Waals surface area (Å²) in [6.07, 6.45) is 1.97. The van der Waals surface area contributed by atoms with Crippen molar-refractivity contribution in [3.05, 3.63) is 30.1 Å². The van der Waals surface area contributed by atoms with Crippen molar-refractivity contribution < 1.29 is 13.9 Å². The topological polar surface area (TPSA) is 49.3 Å². The van der Waals surface area contributed by atoms with Crippen molar-refractivity contribution in [2.75, 3.05) is 60.6 Å². The van der Waals surface area contributed by atoms with Crippen LogP contribution in [0.1, 0.15) is 19.8 Å². The van der Waals surface area contributed by atoms with Gasteiger partial charge in [0.2, 0.25) is 0 Å². The predicted octanol–water partition coefficient (Wildman–Crippen LogP) is 2.83. The second-order valence-corrected chi connectivity index (χ2v) is 7.13. The quantitative estimate of drug-likeness (QED) is 0.333. The molecule has 2 rings (SSSR count). The molecular formula is C20H34FIN4O2. The number of rotatable bonds is 8. The van der Waals surface area contributed by atoms with Crippen molar-refractivity contribution in [3.8, 4) is 5.75 Å². The number of guanidine groups is 1. The normalized spacial score (nSPS) is 16.4. The van der Waals surface area contributed by atoms with Crippen LogP contribution >= 0.6 is 24.0 Å². The first-order chi connectivity index (χ1) is 13.0. The van der Waals surface area contributed by atoms with Crippen molar-refractivity contribution in [2.24, 2.45) is 4.99 Å². The number of nitrogens with zero attached hydrogens (tertiary/aromatic N) is 3. The zero-order valence-corrected chi connectivity index (χ0v) is 19.7. The van der Waals surface area contributed by atoms with Crippen LogP contribution in [-0.4, -0.2) is 81.9 Å². The number of halogens is 2. The van der Waals surface area contributed by atoms with Gasteiger partial charge in [0.15, 0.2) is 5.96 Å². The zero-order valence-electron chi connectivity index (χ0n) is 17.4.